The van der Waals surface area contributed by atoms with Gasteiger partial charge < -0.3 is 28.8 Å². The summed E-state index contributed by atoms with van der Waals surface area (Å²) in [6.07, 6.45) is -0.929. The summed E-state index contributed by atoms with van der Waals surface area (Å²) in [5.74, 6) is 1.80. The van der Waals surface area contributed by atoms with Crippen LogP contribution in [0.15, 0.2) is 83.3 Å². The topological polar surface area (TPSA) is 114 Å². The molecule has 0 saturated heterocycles. The molecule has 4 rings (SSSR count). The van der Waals surface area contributed by atoms with Crippen molar-refractivity contribution in [2.24, 2.45) is 0 Å². The number of oxazole rings is 1. The number of hydrogen-bond acceptors (Lipinski definition) is 8. The Morgan fingerprint density at radius 2 is 1.69 bits per heavy atom. The number of aliphatic hydroxyl groups excluding tert-OH is 1. The van der Waals surface area contributed by atoms with E-state index in [1.54, 1.807) is 24.3 Å². The molecule has 9 heteroatoms. The zero-order chi connectivity index (χ0) is 27.6. The minimum Gasteiger partial charge on any atom is -0.494 e. The summed E-state index contributed by atoms with van der Waals surface area (Å²) in [7, 11) is 0. The number of carboxylic acid groups (broad SMARTS) is 1. The summed E-state index contributed by atoms with van der Waals surface area (Å²) in [4.78, 5) is 17.4. The van der Waals surface area contributed by atoms with E-state index < -0.39 is 18.9 Å². The Hall–Kier alpha value is -4.34. The first-order valence-corrected chi connectivity index (χ1v) is 12.7. The third-order valence-electron chi connectivity index (χ3n) is 5.81. The fraction of sp³-hybridized carbons (Fsp3) is 0.267. The zero-order valence-electron chi connectivity index (χ0n) is 21.9. The van der Waals surface area contributed by atoms with Gasteiger partial charge in [0.05, 0.1) is 18.9 Å². The van der Waals surface area contributed by atoms with E-state index >= 15 is 0 Å². The van der Waals surface area contributed by atoms with E-state index in [0.717, 1.165) is 22.6 Å². The minimum absolute atomic E-state index is 0.124. The third-order valence-corrected chi connectivity index (χ3v) is 5.81. The van der Waals surface area contributed by atoms with Crippen molar-refractivity contribution in [1.82, 2.24) is 9.88 Å². The van der Waals surface area contributed by atoms with Crippen LogP contribution in [0.4, 0.5) is 0 Å². The number of benzene rings is 3. The molecule has 4 aromatic rings. The largest absolute Gasteiger partial charge is 0.494 e. The highest BCUT2D eigenvalue weighted by Crippen LogP contribution is 2.24. The van der Waals surface area contributed by atoms with E-state index in [1.807, 2.05) is 68.4 Å². The second kappa shape index (κ2) is 13.5. The van der Waals surface area contributed by atoms with E-state index in [-0.39, 0.29) is 6.54 Å². The molecule has 0 bridgehead atoms. The Kier molecular flexibility index (Phi) is 9.55. The summed E-state index contributed by atoms with van der Waals surface area (Å²) >= 11 is 0. The summed E-state index contributed by atoms with van der Waals surface area (Å²) in [6, 6.07) is 23.8. The van der Waals surface area contributed by atoms with Gasteiger partial charge in [0.2, 0.25) is 5.89 Å². The molecule has 2 N–H and O–H groups in total. The summed E-state index contributed by atoms with van der Waals surface area (Å²) in [5, 5.41) is 20.1. The maximum Gasteiger partial charge on any atom is 0.317 e. The standard InChI is InChI=1S/C30H32N2O7/c1-3-36-25-13-8-14-26(18-25)39-30(35)32(20-28(33)34)19-22-9-7-12-24(17-22)37-16-15-27-21(2)38-29(31-27)23-10-5-4-6-11-23/h4-14,17-18,30,35H,3,15-16,19-20H2,1-2H3,(H,33,34). The van der Waals surface area contributed by atoms with Crippen molar-refractivity contribution >= 4 is 5.97 Å². The van der Waals surface area contributed by atoms with Gasteiger partial charge in [0.25, 0.3) is 6.41 Å². The second-order valence-corrected chi connectivity index (χ2v) is 8.78. The molecule has 0 radical (unpaired) electrons. The summed E-state index contributed by atoms with van der Waals surface area (Å²) in [6.45, 7) is 4.32. The molecule has 3 aromatic carbocycles. The lowest BCUT2D eigenvalue weighted by atomic mass is 10.2. The van der Waals surface area contributed by atoms with E-state index in [4.69, 9.17) is 18.6 Å². The maximum atomic E-state index is 11.5. The van der Waals surface area contributed by atoms with Crippen LogP contribution >= 0.6 is 0 Å². The summed E-state index contributed by atoms with van der Waals surface area (Å²) < 4.78 is 22.8. The molecule has 0 aliphatic rings. The molecule has 1 heterocycles. The fourth-order valence-electron chi connectivity index (χ4n) is 3.98. The first-order valence-electron chi connectivity index (χ1n) is 12.7. The van der Waals surface area contributed by atoms with Crippen molar-refractivity contribution in [3.8, 4) is 28.7 Å². The number of aliphatic hydroxyl groups is 1. The molecule has 39 heavy (non-hydrogen) atoms. The van der Waals surface area contributed by atoms with Crippen LogP contribution in [0.3, 0.4) is 0 Å². The predicted octanol–water partition coefficient (Wildman–Crippen LogP) is 4.91. The Balaban J connectivity index is 1.36. The predicted molar refractivity (Wildman–Crippen MR) is 145 cm³/mol. The Morgan fingerprint density at radius 1 is 0.974 bits per heavy atom. The number of ether oxygens (including phenoxy) is 3. The van der Waals surface area contributed by atoms with Gasteiger partial charge in [0, 0.05) is 24.6 Å². The van der Waals surface area contributed by atoms with Crippen molar-refractivity contribution in [2.45, 2.75) is 33.2 Å². The van der Waals surface area contributed by atoms with Crippen molar-refractivity contribution < 1.29 is 33.6 Å². The van der Waals surface area contributed by atoms with Gasteiger partial charge in [-0.1, -0.05) is 36.4 Å². The van der Waals surface area contributed by atoms with Crippen LogP contribution in [0.25, 0.3) is 11.5 Å². The molecule has 0 amide bonds. The van der Waals surface area contributed by atoms with Crippen LogP contribution in [0, 0.1) is 6.92 Å². The molecule has 1 unspecified atom stereocenters. The van der Waals surface area contributed by atoms with Gasteiger partial charge in [-0.05, 0) is 55.8 Å². The highest BCUT2D eigenvalue weighted by molar-refractivity contribution is 5.69. The molecule has 9 nitrogen and oxygen atoms in total. The van der Waals surface area contributed by atoms with Crippen LogP contribution in [0.2, 0.25) is 0 Å². The average molecular weight is 533 g/mol. The quantitative estimate of drug-likeness (QED) is 0.219. The molecule has 0 spiro atoms. The first-order chi connectivity index (χ1) is 18.9. The number of hydrogen-bond donors (Lipinski definition) is 2. The highest BCUT2D eigenvalue weighted by atomic mass is 16.6. The molecule has 0 aliphatic carbocycles. The van der Waals surface area contributed by atoms with Gasteiger partial charge in [0.1, 0.15) is 29.6 Å². The fourth-order valence-corrected chi connectivity index (χ4v) is 3.98. The maximum absolute atomic E-state index is 11.5. The van der Waals surface area contributed by atoms with Gasteiger partial charge in [-0.3, -0.25) is 4.79 Å². The van der Waals surface area contributed by atoms with Gasteiger partial charge in [-0.2, -0.15) is 0 Å². The van der Waals surface area contributed by atoms with Crippen molar-refractivity contribution in [3.05, 3.63) is 95.9 Å². The van der Waals surface area contributed by atoms with Crippen LogP contribution in [-0.4, -0.2) is 52.2 Å². The molecule has 204 valence electrons. The van der Waals surface area contributed by atoms with Crippen LogP contribution in [0.5, 0.6) is 17.2 Å². The second-order valence-electron chi connectivity index (χ2n) is 8.78. The number of carbonyl (C=O) groups is 1. The number of carboxylic acids is 1. The number of nitrogens with zero attached hydrogens (tertiary/aromatic N) is 2. The monoisotopic (exact) mass is 532 g/mol. The first kappa shape index (κ1) is 27.7. The van der Waals surface area contributed by atoms with Gasteiger partial charge in [-0.15, -0.1) is 0 Å². The number of aryl methyl sites for hydroxylation is 1. The Labute approximate surface area is 227 Å². The number of aliphatic carboxylic acids is 1. The number of aromatic nitrogens is 1. The van der Waals surface area contributed by atoms with Crippen LogP contribution in [-0.2, 0) is 17.8 Å². The molecule has 0 saturated carbocycles. The van der Waals surface area contributed by atoms with E-state index in [1.165, 1.54) is 4.90 Å². The van der Waals surface area contributed by atoms with Crippen molar-refractivity contribution in [2.75, 3.05) is 19.8 Å². The summed E-state index contributed by atoms with van der Waals surface area (Å²) in [5.41, 5.74) is 2.49. The van der Waals surface area contributed by atoms with Gasteiger partial charge in [-0.25, -0.2) is 9.88 Å². The lowest BCUT2D eigenvalue weighted by molar-refractivity contribution is -0.161. The van der Waals surface area contributed by atoms with Crippen LogP contribution in [0.1, 0.15) is 23.9 Å². The molecule has 0 aliphatic heterocycles. The zero-order valence-corrected chi connectivity index (χ0v) is 21.9. The van der Waals surface area contributed by atoms with Gasteiger partial charge in [0.15, 0.2) is 0 Å². The minimum atomic E-state index is -1.49. The Morgan fingerprint density at radius 3 is 2.44 bits per heavy atom. The highest BCUT2D eigenvalue weighted by Gasteiger charge is 2.21. The van der Waals surface area contributed by atoms with Crippen molar-refractivity contribution in [3.63, 3.8) is 0 Å². The smallest absolute Gasteiger partial charge is 0.317 e. The number of rotatable bonds is 14. The Bertz CT molecular complexity index is 1360. The third kappa shape index (κ3) is 8.07. The van der Waals surface area contributed by atoms with E-state index in [0.29, 0.717) is 42.8 Å². The SMILES string of the molecule is CCOc1cccc(OC(O)N(CC(=O)O)Cc2cccc(OCCc3nc(-c4ccccc4)oc3C)c2)c1. The lowest BCUT2D eigenvalue weighted by Gasteiger charge is -2.26. The van der Waals surface area contributed by atoms with Gasteiger partial charge >= 0.3 is 5.97 Å². The normalized spacial score (nSPS) is 11.8. The van der Waals surface area contributed by atoms with Crippen molar-refractivity contribution in [1.29, 1.82) is 0 Å². The average Bonchev–Trinajstić information content (AvgIpc) is 3.29. The van der Waals surface area contributed by atoms with E-state index in [9.17, 15) is 15.0 Å². The molecular formula is C30H32N2O7. The molecule has 1 atom stereocenters. The molecular weight excluding hydrogens is 500 g/mol. The molecule has 0 fully saturated rings. The van der Waals surface area contributed by atoms with E-state index in [2.05, 4.69) is 4.98 Å². The lowest BCUT2D eigenvalue weighted by Crippen LogP contribution is -2.42. The molecule has 1 aromatic heterocycles. The van der Waals surface area contributed by atoms with Crippen LogP contribution < -0.4 is 14.2 Å².